The lowest BCUT2D eigenvalue weighted by Crippen LogP contribution is -2.27. The van der Waals surface area contributed by atoms with Crippen LogP contribution in [0.4, 0.5) is 5.69 Å². The van der Waals surface area contributed by atoms with E-state index in [1.807, 2.05) is 35.9 Å². The van der Waals surface area contributed by atoms with E-state index in [1.165, 1.54) is 0 Å². The van der Waals surface area contributed by atoms with Gasteiger partial charge in [-0.1, -0.05) is 18.2 Å². The molecule has 0 aliphatic carbocycles. The molecule has 2 N–H and O–H groups in total. The first-order valence-electron chi connectivity index (χ1n) is 9.33. The van der Waals surface area contributed by atoms with Crippen molar-refractivity contribution in [1.29, 1.82) is 0 Å². The number of imidazole rings is 1. The number of para-hydroxylation sites is 2. The molecule has 1 saturated heterocycles. The second-order valence-corrected chi connectivity index (χ2v) is 6.83. The second-order valence-electron chi connectivity index (χ2n) is 6.83. The number of carbonyl (C=O) groups is 2. The van der Waals surface area contributed by atoms with Gasteiger partial charge in [0, 0.05) is 24.9 Å². The summed E-state index contributed by atoms with van der Waals surface area (Å²) in [6, 6.07) is 14.7. The number of aryl methyl sites for hydroxylation is 1. The number of ether oxygens (including phenoxy) is 1. The Morgan fingerprint density at radius 1 is 1.21 bits per heavy atom. The zero-order chi connectivity index (χ0) is 19.5. The van der Waals surface area contributed by atoms with E-state index in [0.29, 0.717) is 24.4 Å². The predicted octanol–water partition coefficient (Wildman–Crippen LogP) is 2.62. The highest BCUT2D eigenvalue weighted by atomic mass is 16.5. The van der Waals surface area contributed by atoms with Crippen LogP contribution < -0.4 is 10.6 Å². The van der Waals surface area contributed by atoms with E-state index in [0.717, 1.165) is 29.7 Å². The average Bonchev–Trinajstić information content (AvgIpc) is 3.35. The fourth-order valence-electron chi connectivity index (χ4n) is 3.36. The summed E-state index contributed by atoms with van der Waals surface area (Å²) in [4.78, 5) is 29.3. The Hall–Kier alpha value is -3.19. The largest absolute Gasteiger partial charge is 0.368 e. The van der Waals surface area contributed by atoms with Gasteiger partial charge in [0.25, 0.3) is 11.8 Å². The number of carbonyl (C=O) groups excluding carboxylic acids is 2. The molecule has 2 aromatic carbocycles. The highest BCUT2D eigenvalue weighted by molar-refractivity contribution is 5.98. The van der Waals surface area contributed by atoms with Gasteiger partial charge in [0.2, 0.25) is 0 Å². The molecule has 1 atom stereocenters. The van der Waals surface area contributed by atoms with E-state index in [2.05, 4.69) is 15.6 Å². The lowest BCUT2D eigenvalue weighted by molar-refractivity contribution is -0.124. The number of anilines is 1. The van der Waals surface area contributed by atoms with E-state index >= 15 is 0 Å². The van der Waals surface area contributed by atoms with E-state index < -0.39 is 6.10 Å². The Kier molecular flexibility index (Phi) is 5.08. The first-order valence-corrected chi connectivity index (χ1v) is 9.33. The minimum atomic E-state index is -0.407. The third kappa shape index (κ3) is 3.75. The third-order valence-electron chi connectivity index (χ3n) is 4.90. The molecule has 0 saturated carbocycles. The highest BCUT2D eigenvalue weighted by Gasteiger charge is 2.23. The molecular weight excluding hydrogens is 356 g/mol. The predicted molar refractivity (Wildman–Crippen MR) is 106 cm³/mol. The average molecular weight is 378 g/mol. The van der Waals surface area contributed by atoms with Gasteiger partial charge in [0.1, 0.15) is 11.9 Å². The molecule has 28 heavy (non-hydrogen) atoms. The molecule has 144 valence electrons. The third-order valence-corrected chi connectivity index (χ3v) is 4.90. The molecule has 0 spiro atoms. The summed E-state index contributed by atoms with van der Waals surface area (Å²) in [5.74, 6) is 0.382. The molecule has 1 unspecified atom stereocenters. The van der Waals surface area contributed by atoms with Gasteiger partial charge in [-0.2, -0.15) is 0 Å². The molecule has 1 fully saturated rings. The number of aromatic nitrogens is 2. The van der Waals surface area contributed by atoms with Crippen molar-refractivity contribution in [1.82, 2.24) is 14.9 Å². The second kappa shape index (κ2) is 7.82. The van der Waals surface area contributed by atoms with Crippen LogP contribution in [-0.4, -0.2) is 34.1 Å². The number of nitrogens with zero attached hydrogens (tertiary/aromatic N) is 2. The fourth-order valence-corrected chi connectivity index (χ4v) is 3.36. The molecule has 1 aromatic heterocycles. The number of hydrogen-bond acceptors (Lipinski definition) is 4. The van der Waals surface area contributed by atoms with Gasteiger partial charge >= 0.3 is 0 Å². The Labute approximate surface area is 162 Å². The normalized spacial score (nSPS) is 16.2. The van der Waals surface area contributed by atoms with Crippen molar-refractivity contribution in [2.45, 2.75) is 25.5 Å². The quantitative estimate of drug-likeness (QED) is 0.715. The molecule has 0 bridgehead atoms. The minimum Gasteiger partial charge on any atom is -0.368 e. The molecule has 1 aliphatic heterocycles. The van der Waals surface area contributed by atoms with Crippen LogP contribution in [0.3, 0.4) is 0 Å². The van der Waals surface area contributed by atoms with Gasteiger partial charge in [0.15, 0.2) is 0 Å². The molecule has 1 aliphatic rings. The summed E-state index contributed by atoms with van der Waals surface area (Å²) in [5.41, 5.74) is 2.97. The van der Waals surface area contributed by atoms with Crippen molar-refractivity contribution in [3.8, 4) is 0 Å². The van der Waals surface area contributed by atoms with E-state index in [-0.39, 0.29) is 11.8 Å². The van der Waals surface area contributed by atoms with Crippen LogP contribution in [0.15, 0.2) is 48.5 Å². The van der Waals surface area contributed by atoms with Crippen LogP contribution in [-0.2, 0) is 23.1 Å². The molecule has 3 aromatic rings. The standard InChI is InChI=1S/C21H22N4O3/c1-25-17-9-3-2-8-16(17)24-19(25)13-22-20(26)14-6-4-7-15(12-14)23-21(27)18-10-5-11-28-18/h2-4,6-9,12,18H,5,10-11,13H2,1H3,(H,22,26)(H,23,27). The van der Waals surface area contributed by atoms with Crippen molar-refractivity contribution >= 4 is 28.5 Å². The van der Waals surface area contributed by atoms with E-state index in [9.17, 15) is 9.59 Å². The maximum Gasteiger partial charge on any atom is 0.253 e. The maximum atomic E-state index is 12.6. The SMILES string of the molecule is Cn1c(CNC(=O)c2cccc(NC(=O)C3CCCO3)c2)nc2ccccc21. The lowest BCUT2D eigenvalue weighted by Gasteiger charge is -2.11. The topological polar surface area (TPSA) is 85.2 Å². The van der Waals surface area contributed by atoms with Gasteiger partial charge in [-0.25, -0.2) is 4.98 Å². The number of fused-ring (bicyclic) bond motifs is 1. The zero-order valence-electron chi connectivity index (χ0n) is 15.6. The van der Waals surface area contributed by atoms with Crippen molar-refractivity contribution in [3.63, 3.8) is 0 Å². The summed E-state index contributed by atoms with van der Waals surface area (Å²) in [6.45, 7) is 0.930. The van der Waals surface area contributed by atoms with Gasteiger partial charge in [-0.3, -0.25) is 9.59 Å². The highest BCUT2D eigenvalue weighted by Crippen LogP contribution is 2.17. The Morgan fingerprint density at radius 3 is 2.86 bits per heavy atom. The first-order chi connectivity index (χ1) is 13.6. The Morgan fingerprint density at radius 2 is 2.07 bits per heavy atom. The van der Waals surface area contributed by atoms with Crippen LogP contribution in [0, 0.1) is 0 Å². The van der Waals surface area contributed by atoms with Crippen molar-refractivity contribution in [2.24, 2.45) is 7.05 Å². The molecule has 2 amide bonds. The first kappa shape index (κ1) is 18.2. The summed E-state index contributed by atoms with van der Waals surface area (Å²) < 4.78 is 7.35. The van der Waals surface area contributed by atoms with Gasteiger partial charge < -0.3 is 19.9 Å². The Bertz CT molecular complexity index is 1020. The smallest absolute Gasteiger partial charge is 0.253 e. The number of amides is 2. The summed E-state index contributed by atoms with van der Waals surface area (Å²) in [7, 11) is 1.93. The fraction of sp³-hybridized carbons (Fsp3) is 0.286. The van der Waals surface area contributed by atoms with Crippen LogP contribution in [0.2, 0.25) is 0 Å². The number of nitrogens with one attached hydrogen (secondary N) is 2. The van der Waals surface area contributed by atoms with Gasteiger partial charge in [0.05, 0.1) is 17.6 Å². The van der Waals surface area contributed by atoms with E-state index in [4.69, 9.17) is 4.74 Å². The lowest BCUT2D eigenvalue weighted by atomic mass is 10.1. The molecule has 7 nitrogen and oxygen atoms in total. The monoisotopic (exact) mass is 378 g/mol. The Balaban J connectivity index is 1.41. The number of benzene rings is 2. The molecule has 2 heterocycles. The molecular formula is C21H22N4O3. The van der Waals surface area contributed by atoms with Gasteiger partial charge in [-0.15, -0.1) is 0 Å². The van der Waals surface area contributed by atoms with Crippen molar-refractivity contribution in [3.05, 3.63) is 59.9 Å². The van der Waals surface area contributed by atoms with Gasteiger partial charge in [-0.05, 0) is 43.2 Å². The minimum absolute atomic E-state index is 0.172. The maximum absolute atomic E-state index is 12.6. The van der Waals surface area contributed by atoms with Crippen molar-refractivity contribution in [2.75, 3.05) is 11.9 Å². The molecule has 4 rings (SSSR count). The van der Waals surface area contributed by atoms with Crippen LogP contribution >= 0.6 is 0 Å². The van der Waals surface area contributed by atoms with Crippen LogP contribution in [0.1, 0.15) is 29.0 Å². The van der Waals surface area contributed by atoms with Crippen LogP contribution in [0.25, 0.3) is 11.0 Å². The summed E-state index contributed by atoms with van der Waals surface area (Å²) >= 11 is 0. The summed E-state index contributed by atoms with van der Waals surface area (Å²) in [5, 5.41) is 5.71. The number of hydrogen-bond donors (Lipinski definition) is 2. The zero-order valence-corrected chi connectivity index (χ0v) is 15.6. The molecule has 0 radical (unpaired) electrons. The summed E-state index contributed by atoms with van der Waals surface area (Å²) in [6.07, 6.45) is 1.21. The van der Waals surface area contributed by atoms with Crippen molar-refractivity contribution < 1.29 is 14.3 Å². The number of rotatable bonds is 5. The van der Waals surface area contributed by atoms with E-state index in [1.54, 1.807) is 24.3 Å². The molecule has 7 heteroatoms. The van der Waals surface area contributed by atoms with Crippen LogP contribution in [0.5, 0.6) is 0 Å².